The molecule has 2 aromatic rings. The molecule has 0 bridgehead atoms. The van der Waals surface area contributed by atoms with E-state index in [4.69, 9.17) is 9.47 Å². The Labute approximate surface area is 169 Å². The molecule has 8 nitrogen and oxygen atoms in total. The van der Waals surface area contributed by atoms with Crippen LogP contribution in [-0.4, -0.2) is 35.1 Å². The van der Waals surface area contributed by atoms with Crippen molar-refractivity contribution in [3.63, 3.8) is 0 Å². The van der Waals surface area contributed by atoms with Gasteiger partial charge >= 0.3 is 5.97 Å². The molecule has 1 aliphatic rings. The van der Waals surface area contributed by atoms with Crippen LogP contribution in [0.15, 0.2) is 40.8 Å². The Morgan fingerprint density at radius 2 is 1.96 bits per heavy atom. The minimum atomic E-state index is -0.477. The van der Waals surface area contributed by atoms with E-state index in [1.54, 1.807) is 35.7 Å². The number of thiophene rings is 1. The Hall–Kier alpha value is -2.85. The number of benzene rings is 1. The number of rotatable bonds is 4. The third-order valence-electron chi connectivity index (χ3n) is 3.65. The summed E-state index contributed by atoms with van der Waals surface area (Å²) in [6.07, 6.45) is 0. The summed E-state index contributed by atoms with van der Waals surface area (Å²) >= 11 is 2.51. The van der Waals surface area contributed by atoms with Gasteiger partial charge in [-0.3, -0.25) is 9.59 Å². The summed E-state index contributed by atoms with van der Waals surface area (Å²) in [6, 6.07) is 8.45. The van der Waals surface area contributed by atoms with E-state index in [1.165, 1.54) is 49.1 Å². The number of carbonyl (C=O) groups is 3. The molecule has 1 aromatic heterocycles. The van der Waals surface area contributed by atoms with Crippen LogP contribution in [0.1, 0.15) is 34.5 Å². The summed E-state index contributed by atoms with van der Waals surface area (Å²) < 4.78 is 10.8. The van der Waals surface area contributed by atoms with Gasteiger partial charge in [-0.15, -0.1) is 16.4 Å². The number of nitrogens with zero attached hydrogens (tertiary/aromatic N) is 2. The Balaban J connectivity index is 1.84. The normalized spacial score (nSPS) is 15.8. The fourth-order valence-corrected chi connectivity index (χ4v) is 4.17. The fraction of sp³-hybridized carbons (Fsp3) is 0.222. The van der Waals surface area contributed by atoms with Gasteiger partial charge in [0.05, 0.1) is 7.11 Å². The summed E-state index contributed by atoms with van der Waals surface area (Å²) in [5, 5.41) is 9.67. The lowest BCUT2D eigenvalue weighted by Crippen LogP contribution is -2.25. The van der Waals surface area contributed by atoms with Crippen molar-refractivity contribution in [2.75, 3.05) is 7.11 Å². The van der Waals surface area contributed by atoms with Crippen molar-refractivity contribution < 1.29 is 23.9 Å². The van der Waals surface area contributed by atoms with Crippen LogP contribution < -0.4 is 14.8 Å². The van der Waals surface area contributed by atoms with Crippen LogP contribution in [0.2, 0.25) is 0 Å². The van der Waals surface area contributed by atoms with Gasteiger partial charge in [0, 0.05) is 13.8 Å². The lowest BCUT2D eigenvalue weighted by atomic mass is 10.2. The second kappa shape index (κ2) is 8.44. The van der Waals surface area contributed by atoms with E-state index in [0.29, 0.717) is 21.4 Å². The molecule has 10 heteroatoms. The molecule has 146 valence electrons. The average molecular weight is 419 g/mol. The number of amides is 2. The van der Waals surface area contributed by atoms with Crippen molar-refractivity contribution in [1.29, 1.82) is 0 Å². The summed E-state index contributed by atoms with van der Waals surface area (Å²) in [6.45, 7) is 2.76. The molecule has 0 saturated carbocycles. The van der Waals surface area contributed by atoms with Gasteiger partial charge in [-0.1, -0.05) is 23.9 Å². The number of methoxy groups -OCH3 is 1. The van der Waals surface area contributed by atoms with Gasteiger partial charge in [0.2, 0.25) is 11.8 Å². The van der Waals surface area contributed by atoms with Crippen molar-refractivity contribution in [3.05, 3.63) is 46.2 Å². The summed E-state index contributed by atoms with van der Waals surface area (Å²) in [4.78, 5) is 35.9. The van der Waals surface area contributed by atoms with Crippen molar-refractivity contribution >= 4 is 46.0 Å². The van der Waals surface area contributed by atoms with Crippen molar-refractivity contribution in [2.24, 2.45) is 5.10 Å². The highest BCUT2D eigenvalue weighted by Gasteiger charge is 2.33. The zero-order valence-electron chi connectivity index (χ0n) is 15.3. The van der Waals surface area contributed by atoms with Gasteiger partial charge < -0.3 is 14.8 Å². The lowest BCUT2D eigenvalue weighted by Gasteiger charge is -2.20. The molecule has 0 unspecified atom stereocenters. The van der Waals surface area contributed by atoms with Crippen LogP contribution in [0.25, 0.3) is 0 Å². The first-order chi connectivity index (χ1) is 13.4. The predicted octanol–water partition coefficient (Wildman–Crippen LogP) is 2.98. The third-order valence-corrected chi connectivity index (χ3v) is 5.60. The maximum Gasteiger partial charge on any atom is 0.353 e. The molecule has 3 rings (SSSR count). The molecular formula is C18H17N3O5S2. The van der Waals surface area contributed by atoms with Crippen LogP contribution in [-0.2, 0) is 9.59 Å². The first kappa shape index (κ1) is 19.9. The first-order valence-corrected chi connectivity index (χ1v) is 9.91. The largest absolute Gasteiger partial charge is 0.493 e. The Morgan fingerprint density at radius 1 is 1.18 bits per heavy atom. The number of esters is 1. The molecule has 2 heterocycles. The van der Waals surface area contributed by atoms with Crippen molar-refractivity contribution in [2.45, 2.75) is 19.2 Å². The Morgan fingerprint density at radius 3 is 2.57 bits per heavy atom. The molecule has 1 N–H and O–H groups in total. The number of hydrogen-bond donors (Lipinski definition) is 1. The maximum absolute atomic E-state index is 12.2. The van der Waals surface area contributed by atoms with E-state index in [9.17, 15) is 14.4 Å². The van der Waals surface area contributed by atoms with E-state index in [-0.39, 0.29) is 17.6 Å². The number of carbonyl (C=O) groups excluding carboxylic acids is 3. The van der Waals surface area contributed by atoms with E-state index in [0.717, 1.165) is 0 Å². The molecular weight excluding hydrogens is 402 g/mol. The SMILES string of the molecule is COc1cc([C@@H]2SC(NC(C)=O)=NN2C(C)=O)ccc1OC(=O)c1cccs1. The lowest BCUT2D eigenvalue weighted by molar-refractivity contribution is -0.129. The Bertz CT molecular complexity index is 943. The van der Waals surface area contributed by atoms with Crippen LogP contribution >= 0.6 is 23.1 Å². The summed E-state index contributed by atoms with van der Waals surface area (Å²) in [5.41, 5.74) is 0.706. The monoisotopic (exact) mass is 419 g/mol. The van der Waals surface area contributed by atoms with Gasteiger partial charge in [-0.2, -0.15) is 0 Å². The minimum Gasteiger partial charge on any atom is -0.493 e. The molecule has 1 aromatic carbocycles. The van der Waals surface area contributed by atoms with E-state index < -0.39 is 11.3 Å². The summed E-state index contributed by atoms with van der Waals surface area (Å²) in [5.74, 6) is -0.406. The van der Waals surface area contributed by atoms with Gasteiger partial charge in [-0.25, -0.2) is 9.80 Å². The minimum absolute atomic E-state index is 0.269. The van der Waals surface area contributed by atoms with E-state index in [2.05, 4.69) is 10.4 Å². The van der Waals surface area contributed by atoms with Gasteiger partial charge in [-0.05, 0) is 29.1 Å². The smallest absolute Gasteiger partial charge is 0.353 e. The number of amidine groups is 1. The van der Waals surface area contributed by atoms with Crippen LogP contribution in [0.4, 0.5) is 0 Å². The quantitative estimate of drug-likeness (QED) is 0.604. The molecule has 1 aliphatic heterocycles. The van der Waals surface area contributed by atoms with E-state index in [1.807, 2.05) is 0 Å². The molecule has 0 aliphatic carbocycles. The standard InChI is InChI=1S/C18H17N3O5S2/c1-10(22)19-18-20-21(11(2)23)16(28-18)12-6-7-13(14(9-12)25-3)26-17(24)15-5-4-8-27-15/h4-9,16H,1-3H3,(H,19,20,22)/t16-/m0/s1. The highest BCUT2D eigenvalue weighted by Crippen LogP contribution is 2.41. The second-order valence-corrected chi connectivity index (χ2v) is 7.71. The molecule has 0 fully saturated rings. The summed E-state index contributed by atoms with van der Waals surface area (Å²) in [7, 11) is 1.46. The van der Waals surface area contributed by atoms with Crippen LogP contribution in [0.3, 0.4) is 0 Å². The number of thioether (sulfide) groups is 1. The number of nitrogens with one attached hydrogen (secondary N) is 1. The molecule has 2 amide bonds. The van der Waals surface area contributed by atoms with Gasteiger partial charge in [0.15, 0.2) is 16.7 Å². The fourth-order valence-electron chi connectivity index (χ4n) is 2.45. The third kappa shape index (κ3) is 4.34. The maximum atomic E-state index is 12.2. The van der Waals surface area contributed by atoms with Crippen LogP contribution in [0.5, 0.6) is 11.5 Å². The molecule has 28 heavy (non-hydrogen) atoms. The van der Waals surface area contributed by atoms with Gasteiger partial charge in [0.1, 0.15) is 10.3 Å². The zero-order valence-corrected chi connectivity index (χ0v) is 16.9. The first-order valence-electron chi connectivity index (χ1n) is 8.15. The molecule has 1 atom stereocenters. The zero-order chi connectivity index (χ0) is 20.3. The predicted molar refractivity (Wildman–Crippen MR) is 106 cm³/mol. The highest BCUT2D eigenvalue weighted by molar-refractivity contribution is 8.14. The average Bonchev–Trinajstić information content (AvgIpc) is 3.31. The van der Waals surface area contributed by atoms with Crippen LogP contribution in [0, 0.1) is 0 Å². The number of hydrazone groups is 1. The van der Waals surface area contributed by atoms with E-state index >= 15 is 0 Å². The van der Waals surface area contributed by atoms with Gasteiger partial charge in [0.25, 0.3) is 0 Å². The number of ether oxygens (including phenoxy) is 2. The van der Waals surface area contributed by atoms with Crippen molar-refractivity contribution in [3.8, 4) is 11.5 Å². The number of hydrogen-bond acceptors (Lipinski definition) is 8. The second-order valence-electron chi connectivity index (χ2n) is 5.70. The highest BCUT2D eigenvalue weighted by atomic mass is 32.2. The Kier molecular flexibility index (Phi) is 6.00. The molecule has 0 spiro atoms. The topological polar surface area (TPSA) is 97.3 Å². The molecule has 0 radical (unpaired) electrons. The van der Waals surface area contributed by atoms with Crippen molar-refractivity contribution in [1.82, 2.24) is 10.3 Å². The molecule has 0 saturated heterocycles.